The van der Waals surface area contributed by atoms with Gasteiger partial charge in [-0.05, 0) is 37.3 Å². The van der Waals surface area contributed by atoms with E-state index < -0.39 is 6.10 Å². The van der Waals surface area contributed by atoms with Crippen LogP contribution in [0.4, 0.5) is 0 Å². The monoisotopic (exact) mass is 369 g/mol. The smallest absolute Gasteiger partial charge is 0.311 e. The summed E-state index contributed by atoms with van der Waals surface area (Å²) in [7, 11) is 0. The third-order valence-electron chi connectivity index (χ3n) is 7.37. The SMILES string of the molecule is C[C@H]1CCC=C2C[C@H]3OC(=O)[C@@H](CNCCc4ccccc4)[C@H]3[C@@H](O)[C@@]21C. The maximum atomic E-state index is 12.5. The van der Waals surface area contributed by atoms with E-state index in [4.69, 9.17) is 4.74 Å². The Morgan fingerprint density at radius 3 is 2.85 bits per heavy atom. The summed E-state index contributed by atoms with van der Waals surface area (Å²) in [6.07, 6.45) is 5.47. The lowest BCUT2D eigenvalue weighted by atomic mass is 9.55. The minimum atomic E-state index is -0.523. The molecule has 27 heavy (non-hydrogen) atoms. The summed E-state index contributed by atoms with van der Waals surface area (Å²) in [6, 6.07) is 10.3. The quantitative estimate of drug-likeness (QED) is 0.476. The highest BCUT2D eigenvalue weighted by Gasteiger charge is 2.59. The van der Waals surface area contributed by atoms with Crippen LogP contribution in [0.25, 0.3) is 0 Å². The van der Waals surface area contributed by atoms with Crippen LogP contribution >= 0.6 is 0 Å². The van der Waals surface area contributed by atoms with Gasteiger partial charge < -0.3 is 15.2 Å². The summed E-state index contributed by atoms with van der Waals surface area (Å²) in [5.41, 5.74) is 2.35. The van der Waals surface area contributed by atoms with Gasteiger partial charge >= 0.3 is 5.97 Å². The Balaban J connectivity index is 1.43. The second-order valence-electron chi connectivity index (χ2n) is 8.74. The van der Waals surface area contributed by atoms with Crippen LogP contribution in [0, 0.1) is 23.2 Å². The van der Waals surface area contributed by atoms with Gasteiger partial charge in [0.2, 0.25) is 0 Å². The van der Waals surface area contributed by atoms with Crippen molar-refractivity contribution in [1.82, 2.24) is 5.32 Å². The lowest BCUT2D eigenvalue weighted by molar-refractivity contribution is -0.144. The van der Waals surface area contributed by atoms with Gasteiger partial charge in [0, 0.05) is 24.3 Å². The van der Waals surface area contributed by atoms with E-state index >= 15 is 0 Å². The summed E-state index contributed by atoms with van der Waals surface area (Å²) < 4.78 is 5.71. The molecule has 3 aliphatic rings. The van der Waals surface area contributed by atoms with E-state index in [0.29, 0.717) is 12.5 Å². The van der Waals surface area contributed by atoms with Crippen molar-refractivity contribution in [3.63, 3.8) is 0 Å². The Kier molecular flexibility index (Phi) is 5.13. The highest BCUT2D eigenvalue weighted by molar-refractivity contribution is 5.76. The van der Waals surface area contributed by atoms with Crippen molar-refractivity contribution < 1.29 is 14.6 Å². The molecule has 0 aromatic heterocycles. The van der Waals surface area contributed by atoms with Crippen LogP contribution in [0.5, 0.6) is 0 Å². The number of esters is 1. The molecule has 0 amide bonds. The second kappa shape index (κ2) is 7.40. The number of ether oxygens (including phenoxy) is 1. The molecule has 1 saturated carbocycles. The highest BCUT2D eigenvalue weighted by atomic mass is 16.6. The van der Waals surface area contributed by atoms with E-state index in [-0.39, 0.29) is 29.3 Å². The largest absolute Gasteiger partial charge is 0.461 e. The summed E-state index contributed by atoms with van der Waals surface area (Å²) in [5, 5.41) is 14.8. The first-order valence-corrected chi connectivity index (χ1v) is 10.3. The van der Waals surface area contributed by atoms with Crippen molar-refractivity contribution in [2.24, 2.45) is 23.2 Å². The zero-order valence-corrected chi connectivity index (χ0v) is 16.4. The summed E-state index contributed by atoms with van der Waals surface area (Å²) >= 11 is 0. The first kappa shape index (κ1) is 18.7. The number of rotatable bonds is 5. The Bertz CT molecular complexity index is 716. The van der Waals surface area contributed by atoms with E-state index in [1.54, 1.807) is 0 Å². The van der Waals surface area contributed by atoms with Gasteiger partial charge in [-0.25, -0.2) is 0 Å². The van der Waals surface area contributed by atoms with Crippen molar-refractivity contribution in [2.45, 2.75) is 51.7 Å². The highest BCUT2D eigenvalue weighted by Crippen LogP contribution is 2.55. The molecule has 0 bridgehead atoms. The summed E-state index contributed by atoms with van der Waals surface area (Å²) in [4.78, 5) is 12.5. The minimum absolute atomic E-state index is 0.107. The van der Waals surface area contributed by atoms with E-state index in [0.717, 1.165) is 32.2 Å². The molecule has 0 spiro atoms. The number of benzene rings is 1. The molecular formula is C23H31NO3. The normalized spacial score (nSPS) is 38.0. The molecule has 2 N–H and O–H groups in total. The van der Waals surface area contributed by atoms with Gasteiger partial charge in [-0.1, -0.05) is 55.8 Å². The van der Waals surface area contributed by atoms with Crippen molar-refractivity contribution in [1.29, 1.82) is 0 Å². The molecule has 146 valence electrons. The fourth-order valence-corrected chi connectivity index (χ4v) is 5.43. The van der Waals surface area contributed by atoms with E-state index in [2.05, 4.69) is 37.4 Å². The fourth-order valence-electron chi connectivity index (χ4n) is 5.43. The zero-order valence-electron chi connectivity index (χ0n) is 16.4. The number of aliphatic hydroxyl groups excluding tert-OH is 1. The maximum absolute atomic E-state index is 12.5. The Morgan fingerprint density at radius 1 is 1.30 bits per heavy atom. The van der Waals surface area contributed by atoms with Crippen LogP contribution in [0.3, 0.4) is 0 Å². The molecule has 6 atom stereocenters. The van der Waals surface area contributed by atoms with Gasteiger partial charge in [0.25, 0.3) is 0 Å². The number of hydrogen-bond donors (Lipinski definition) is 2. The molecule has 1 aromatic carbocycles. The molecule has 4 nitrogen and oxygen atoms in total. The molecule has 2 fully saturated rings. The maximum Gasteiger partial charge on any atom is 0.311 e. The molecule has 1 saturated heterocycles. The van der Waals surface area contributed by atoms with Crippen LogP contribution in [0.2, 0.25) is 0 Å². The molecule has 0 radical (unpaired) electrons. The van der Waals surface area contributed by atoms with E-state index in [1.807, 2.05) is 18.2 Å². The molecule has 1 heterocycles. The average Bonchev–Trinajstić information content (AvgIpc) is 2.98. The van der Waals surface area contributed by atoms with Gasteiger partial charge in [-0.15, -0.1) is 0 Å². The van der Waals surface area contributed by atoms with Gasteiger partial charge in [0.1, 0.15) is 6.10 Å². The lowest BCUT2D eigenvalue weighted by Gasteiger charge is -2.51. The predicted molar refractivity (Wildman–Crippen MR) is 105 cm³/mol. The van der Waals surface area contributed by atoms with Crippen LogP contribution in [-0.2, 0) is 16.0 Å². The number of carbonyl (C=O) groups excluding carboxylic acids is 1. The van der Waals surface area contributed by atoms with E-state index in [1.165, 1.54) is 11.1 Å². The molecule has 4 rings (SSSR count). The topological polar surface area (TPSA) is 58.6 Å². The zero-order chi connectivity index (χ0) is 19.0. The van der Waals surface area contributed by atoms with Crippen molar-refractivity contribution in [3.05, 3.63) is 47.5 Å². The van der Waals surface area contributed by atoms with Crippen LogP contribution in [-0.4, -0.2) is 36.4 Å². The van der Waals surface area contributed by atoms with Crippen molar-refractivity contribution in [2.75, 3.05) is 13.1 Å². The van der Waals surface area contributed by atoms with Gasteiger partial charge in [-0.3, -0.25) is 4.79 Å². The molecule has 2 aliphatic carbocycles. The molecule has 1 aliphatic heterocycles. The predicted octanol–water partition coefficient (Wildman–Crippen LogP) is 3.10. The number of hydrogen-bond acceptors (Lipinski definition) is 4. The van der Waals surface area contributed by atoms with Gasteiger partial charge in [0.15, 0.2) is 0 Å². The molecule has 0 unspecified atom stereocenters. The second-order valence-corrected chi connectivity index (χ2v) is 8.74. The Labute approximate surface area is 162 Å². The standard InChI is InChI=1S/C23H31NO3/c1-15-7-6-10-17-13-19-20(21(25)23(15,17)2)18(22(26)27-19)14-24-12-11-16-8-4-3-5-9-16/h3-5,8-10,15,18-21,24-25H,6-7,11-14H2,1-2H3/t15-,18-,19+,20+,21+,23+/m0/s1. The van der Waals surface area contributed by atoms with Crippen LogP contribution < -0.4 is 5.32 Å². The Hall–Kier alpha value is -1.65. The number of allylic oxidation sites excluding steroid dienone is 1. The van der Waals surface area contributed by atoms with Gasteiger partial charge in [-0.2, -0.15) is 0 Å². The first-order chi connectivity index (χ1) is 13.0. The fraction of sp³-hybridized carbons (Fsp3) is 0.609. The van der Waals surface area contributed by atoms with E-state index in [9.17, 15) is 9.90 Å². The van der Waals surface area contributed by atoms with Crippen LogP contribution in [0.1, 0.15) is 38.7 Å². The van der Waals surface area contributed by atoms with Crippen LogP contribution in [0.15, 0.2) is 42.0 Å². The number of fused-ring (bicyclic) bond motifs is 2. The molecule has 1 aromatic rings. The first-order valence-electron chi connectivity index (χ1n) is 10.3. The third kappa shape index (κ3) is 3.23. The summed E-state index contributed by atoms with van der Waals surface area (Å²) in [6.45, 7) is 5.82. The van der Waals surface area contributed by atoms with Crippen molar-refractivity contribution in [3.8, 4) is 0 Å². The Morgan fingerprint density at radius 2 is 2.07 bits per heavy atom. The third-order valence-corrected chi connectivity index (χ3v) is 7.37. The average molecular weight is 370 g/mol. The number of carbonyl (C=O) groups is 1. The van der Waals surface area contributed by atoms with Crippen molar-refractivity contribution >= 4 is 5.97 Å². The molecule has 4 heteroatoms. The summed E-state index contributed by atoms with van der Waals surface area (Å²) in [5.74, 6) is -0.0831. The number of nitrogens with one attached hydrogen (secondary N) is 1. The molecular weight excluding hydrogens is 338 g/mol. The lowest BCUT2D eigenvalue weighted by Crippen LogP contribution is -2.54. The van der Waals surface area contributed by atoms with Gasteiger partial charge in [0.05, 0.1) is 12.0 Å². The number of aliphatic hydroxyl groups is 1. The minimum Gasteiger partial charge on any atom is -0.461 e.